The Balaban J connectivity index is 1.78. The van der Waals surface area contributed by atoms with Crippen molar-refractivity contribution in [3.05, 3.63) is 47.8 Å². The summed E-state index contributed by atoms with van der Waals surface area (Å²) in [5.41, 5.74) is 0.826. The van der Waals surface area contributed by atoms with Gasteiger partial charge in [-0.05, 0) is 37.1 Å². The first-order valence-electron chi connectivity index (χ1n) is 7.92. The van der Waals surface area contributed by atoms with Gasteiger partial charge < -0.3 is 20.1 Å². The van der Waals surface area contributed by atoms with Gasteiger partial charge in [0.05, 0.1) is 19.9 Å². The van der Waals surface area contributed by atoms with E-state index in [9.17, 15) is 9.59 Å². The van der Waals surface area contributed by atoms with Gasteiger partial charge in [0, 0.05) is 12.1 Å². The molecule has 1 aliphatic carbocycles. The van der Waals surface area contributed by atoms with Crippen LogP contribution < -0.4 is 20.1 Å². The average Bonchev–Trinajstić information content (AvgIpc) is 3.45. The topological polar surface area (TPSA) is 89.5 Å². The summed E-state index contributed by atoms with van der Waals surface area (Å²) < 4.78 is 10.4. The molecular formula is C18H19N3O4. The second-order valence-corrected chi connectivity index (χ2v) is 5.68. The molecule has 1 aromatic carbocycles. The minimum Gasteiger partial charge on any atom is -0.497 e. The number of nitrogens with zero attached hydrogens (tertiary/aromatic N) is 1. The Morgan fingerprint density at radius 1 is 1.04 bits per heavy atom. The minimum absolute atomic E-state index is 0.147. The van der Waals surface area contributed by atoms with E-state index in [0.29, 0.717) is 17.2 Å². The third-order valence-corrected chi connectivity index (χ3v) is 3.78. The SMILES string of the molecule is COc1ccc(OC)c(NC(=O)c2cccc(C(=O)NC3CC3)n2)c1. The van der Waals surface area contributed by atoms with Gasteiger partial charge in [-0.25, -0.2) is 4.98 Å². The number of hydrogen-bond acceptors (Lipinski definition) is 5. The van der Waals surface area contributed by atoms with Crippen LogP contribution in [0.2, 0.25) is 0 Å². The third kappa shape index (κ3) is 4.06. The predicted molar refractivity (Wildman–Crippen MR) is 92.2 cm³/mol. The Labute approximate surface area is 145 Å². The molecule has 1 saturated carbocycles. The van der Waals surface area contributed by atoms with E-state index in [-0.39, 0.29) is 23.3 Å². The lowest BCUT2D eigenvalue weighted by atomic mass is 10.2. The lowest BCUT2D eigenvalue weighted by molar-refractivity contribution is 0.0946. The molecule has 1 heterocycles. The van der Waals surface area contributed by atoms with E-state index in [1.54, 1.807) is 36.4 Å². The first-order valence-corrected chi connectivity index (χ1v) is 7.92. The second kappa shape index (κ2) is 7.21. The molecule has 0 unspecified atom stereocenters. The van der Waals surface area contributed by atoms with Crippen molar-refractivity contribution in [1.82, 2.24) is 10.3 Å². The largest absolute Gasteiger partial charge is 0.497 e. The first kappa shape index (κ1) is 16.8. The number of methoxy groups -OCH3 is 2. The molecule has 7 heteroatoms. The minimum atomic E-state index is -0.437. The summed E-state index contributed by atoms with van der Waals surface area (Å²) in [7, 11) is 3.05. The number of pyridine rings is 1. The summed E-state index contributed by atoms with van der Waals surface area (Å²) in [6.07, 6.45) is 1.98. The van der Waals surface area contributed by atoms with Gasteiger partial charge in [0.25, 0.3) is 11.8 Å². The molecule has 7 nitrogen and oxygen atoms in total. The van der Waals surface area contributed by atoms with Crippen molar-refractivity contribution in [1.29, 1.82) is 0 Å². The van der Waals surface area contributed by atoms with E-state index in [2.05, 4.69) is 15.6 Å². The molecule has 0 saturated heterocycles. The highest BCUT2D eigenvalue weighted by atomic mass is 16.5. The Kier molecular flexibility index (Phi) is 4.83. The van der Waals surface area contributed by atoms with Crippen LogP contribution in [-0.4, -0.2) is 37.1 Å². The number of ether oxygens (including phenoxy) is 2. The Hall–Kier alpha value is -3.09. The van der Waals surface area contributed by atoms with Crippen LogP contribution in [0.4, 0.5) is 5.69 Å². The monoisotopic (exact) mass is 341 g/mol. The molecule has 1 aliphatic rings. The number of carbonyl (C=O) groups is 2. The molecule has 2 aromatic rings. The van der Waals surface area contributed by atoms with Crippen LogP contribution in [0.15, 0.2) is 36.4 Å². The van der Waals surface area contributed by atoms with Crippen LogP contribution in [0.5, 0.6) is 11.5 Å². The fourth-order valence-corrected chi connectivity index (χ4v) is 2.27. The Morgan fingerprint density at radius 3 is 2.40 bits per heavy atom. The van der Waals surface area contributed by atoms with Crippen LogP contribution in [0.25, 0.3) is 0 Å². The van der Waals surface area contributed by atoms with Crippen molar-refractivity contribution < 1.29 is 19.1 Å². The Bertz CT molecular complexity index is 803. The van der Waals surface area contributed by atoms with Crippen molar-refractivity contribution in [3.63, 3.8) is 0 Å². The van der Waals surface area contributed by atoms with E-state index < -0.39 is 5.91 Å². The maximum absolute atomic E-state index is 12.5. The van der Waals surface area contributed by atoms with Crippen molar-refractivity contribution in [2.45, 2.75) is 18.9 Å². The van der Waals surface area contributed by atoms with Gasteiger partial charge in [0.1, 0.15) is 22.9 Å². The first-order chi connectivity index (χ1) is 12.1. The Morgan fingerprint density at radius 2 is 1.76 bits per heavy atom. The highest BCUT2D eigenvalue weighted by Crippen LogP contribution is 2.29. The highest BCUT2D eigenvalue weighted by Gasteiger charge is 2.24. The van der Waals surface area contributed by atoms with Gasteiger partial charge in [-0.1, -0.05) is 6.07 Å². The summed E-state index contributed by atoms with van der Waals surface area (Å²) in [4.78, 5) is 28.7. The molecule has 0 spiro atoms. The summed E-state index contributed by atoms with van der Waals surface area (Å²) >= 11 is 0. The summed E-state index contributed by atoms with van der Waals surface area (Å²) in [6.45, 7) is 0. The molecule has 0 bridgehead atoms. The smallest absolute Gasteiger partial charge is 0.274 e. The zero-order valence-corrected chi connectivity index (χ0v) is 14.0. The molecular weight excluding hydrogens is 322 g/mol. The van der Waals surface area contributed by atoms with Crippen LogP contribution in [0.1, 0.15) is 33.8 Å². The number of nitrogens with one attached hydrogen (secondary N) is 2. The van der Waals surface area contributed by atoms with Crippen molar-refractivity contribution in [2.24, 2.45) is 0 Å². The fraction of sp³-hybridized carbons (Fsp3) is 0.278. The summed E-state index contributed by atoms with van der Waals surface area (Å²) in [5.74, 6) is 0.377. The maximum atomic E-state index is 12.5. The number of aromatic nitrogens is 1. The molecule has 0 atom stereocenters. The zero-order valence-electron chi connectivity index (χ0n) is 14.0. The van der Waals surface area contributed by atoms with Gasteiger partial charge in [-0.15, -0.1) is 0 Å². The molecule has 2 N–H and O–H groups in total. The number of hydrogen-bond donors (Lipinski definition) is 2. The summed E-state index contributed by atoms with van der Waals surface area (Å²) in [6, 6.07) is 10.1. The number of anilines is 1. The predicted octanol–water partition coefficient (Wildman–Crippen LogP) is 2.24. The molecule has 130 valence electrons. The molecule has 3 rings (SSSR count). The van der Waals surface area contributed by atoms with Crippen molar-refractivity contribution in [3.8, 4) is 11.5 Å². The number of amides is 2. The third-order valence-electron chi connectivity index (χ3n) is 3.78. The van der Waals surface area contributed by atoms with E-state index in [4.69, 9.17) is 9.47 Å². The second-order valence-electron chi connectivity index (χ2n) is 5.68. The fourth-order valence-electron chi connectivity index (χ4n) is 2.27. The summed E-state index contributed by atoms with van der Waals surface area (Å²) in [5, 5.41) is 5.58. The van der Waals surface area contributed by atoms with Gasteiger partial charge in [0.2, 0.25) is 0 Å². The molecule has 2 amide bonds. The molecule has 0 aliphatic heterocycles. The van der Waals surface area contributed by atoms with Crippen molar-refractivity contribution in [2.75, 3.05) is 19.5 Å². The lowest BCUT2D eigenvalue weighted by Crippen LogP contribution is -2.27. The van der Waals surface area contributed by atoms with E-state index >= 15 is 0 Å². The lowest BCUT2D eigenvalue weighted by Gasteiger charge is -2.12. The quantitative estimate of drug-likeness (QED) is 0.841. The van der Waals surface area contributed by atoms with Crippen LogP contribution in [0.3, 0.4) is 0 Å². The van der Waals surface area contributed by atoms with Crippen molar-refractivity contribution >= 4 is 17.5 Å². The maximum Gasteiger partial charge on any atom is 0.274 e. The number of benzene rings is 1. The molecule has 25 heavy (non-hydrogen) atoms. The van der Waals surface area contributed by atoms with Crippen LogP contribution in [0, 0.1) is 0 Å². The van der Waals surface area contributed by atoms with Gasteiger partial charge >= 0.3 is 0 Å². The van der Waals surface area contributed by atoms with Gasteiger partial charge in [-0.3, -0.25) is 9.59 Å². The van der Waals surface area contributed by atoms with E-state index in [1.165, 1.54) is 14.2 Å². The number of carbonyl (C=O) groups excluding carboxylic acids is 2. The van der Waals surface area contributed by atoms with Crippen LogP contribution in [-0.2, 0) is 0 Å². The van der Waals surface area contributed by atoms with E-state index in [0.717, 1.165) is 12.8 Å². The molecule has 0 radical (unpaired) electrons. The average molecular weight is 341 g/mol. The van der Waals surface area contributed by atoms with Crippen LogP contribution >= 0.6 is 0 Å². The van der Waals surface area contributed by atoms with E-state index in [1.807, 2.05) is 0 Å². The van der Waals surface area contributed by atoms with Gasteiger partial charge in [0.15, 0.2) is 0 Å². The highest BCUT2D eigenvalue weighted by molar-refractivity contribution is 6.04. The molecule has 1 fully saturated rings. The normalized spacial score (nSPS) is 13.0. The molecule has 1 aromatic heterocycles. The zero-order chi connectivity index (χ0) is 17.8. The van der Waals surface area contributed by atoms with Gasteiger partial charge in [-0.2, -0.15) is 0 Å². The standard InChI is InChI=1S/C18H19N3O4/c1-24-12-8-9-16(25-2)15(10-12)21-18(23)14-5-3-4-13(20-14)17(22)19-11-6-7-11/h3-5,8-11H,6-7H2,1-2H3,(H,19,22)(H,21,23). The number of rotatable bonds is 6.